The minimum Gasteiger partial charge on any atom is -0.0656 e. The van der Waals surface area contributed by atoms with Crippen LogP contribution in [-0.2, 0) is 0 Å². The van der Waals surface area contributed by atoms with Gasteiger partial charge in [0, 0.05) is 8.95 Å². The summed E-state index contributed by atoms with van der Waals surface area (Å²) in [6, 6.07) is 17.3. The van der Waals surface area contributed by atoms with Gasteiger partial charge < -0.3 is 0 Å². The van der Waals surface area contributed by atoms with Gasteiger partial charge in [0.05, 0.1) is 16.1 Å². The molecule has 0 atom stereocenters. The summed E-state index contributed by atoms with van der Waals surface area (Å²) in [6.45, 7) is 14.1. The van der Waals surface area contributed by atoms with Crippen molar-refractivity contribution in [1.29, 1.82) is 0 Å². The highest BCUT2D eigenvalue weighted by Crippen LogP contribution is 2.10. The van der Waals surface area contributed by atoms with Crippen molar-refractivity contribution in [2.24, 2.45) is 0 Å². The van der Waals surface area contributed by atoms with E-state index in [9.17, 15) is 0 Å². The minimum absolute atomic E-state index is 1.08. The van der Waals surface area contributed by atoms with Gasteiger partial charge in [0.2, 0.25) is 0 Å². The van der Waals surface area contributed by atoms with Crippen molar-refractivity contribution in [2.75, 3.05) is 0 Å². The van der Waals surface area contributed by atoms with Crippen LogP contribution in [0.1, 0.15) is 0 Å². The van der Waals surface area contributed by atoms with Crippen LogP contribution in [-0.4, -0.2) is 16.1 Å². The third-order valence-electron chi connectivity index (χ3n) is 3.40. The van der Waals surface area contributed by atoms with Crippen LogP contribution < -0.4 is 10.4 Å². The fraction of sp³-hybridized carbons (Fsp3) is 0.333. The molecular formula is C18H26Br2Si2. The maximum atomic E-state index is 3.48. The van der Waals surface area contributed by atoms with Gasteiger partial charge in [0.25, 0.3) is 0 Å². The third-order valence-corrected chi connectivity index (χ3v) is 8.53. The van der Waals surface area contributed by atoms with Crippen LogP contribution in [0.4, 0.5) is 0 Å². The molecule has 0 saturated carbocycles. The summed E-state index contributed by atoms with van der Waals surface area (Å²) in [4.78, 5) is 0. The summed E-state index contributed by atoms with van der Waals surface area (Å²) in [5, 5.41) is 3.02. The average Bonchev–Trinajstić information content (AvgIpc) is 2.38. The molecule has 0 aromatic heterocycles. The van der Waals surface area contributed by atoms with Crippen molar-refractivity contribution in [2.45, 2.75) is 39.3 Å². The maximum Gasteiger partial charge on any atom is 0.0776 e. The summed E-state index contributed by atoms with van der Waals surface area (Å²) in [6.07, 6.45) is 0. The molecule has 0 aliphatic heterocycles. The van der Waals surface area contributed by atoms with Crippen molar-refractivity contribution in [3.05, 3.63) is 57.5 Å². The van der Waals surface area contributed by atoms with Gasteiger partial charge in [-0.15, -0.1) is 0 Å². The smallest absolute Gasteiger partial charge is 0.0656 e. The van der Waals surface area contributed by atoms with Gasteiger partial charge in [-0.3, -0.25) is 0 Å². The lowest BCUT2D eigenvalue weighted by atomic mass is 10.4. The van der Waals surface area contributed by atoms with E-state index >= 15 is 0 Å². The van der Waals surface area contributed by atoms with Crippen LogP contribution in [0.3, 0.4) is 0 Å². The highest BCUT2D eigenvalue weighted by molar-refractivity contribution is 9.10. The molecule has 0 unspecified atom stereocenters. The van der Waals surface area contributed by atoms with Gasteiger partial charge in [-0.2, -0.15) is 0 Å². The first-order chi connectivity index (χ1) is 10.00. The summed E-state index contributed by atoms with van der Waals surface area (Å²) >= 11 is 6.90. The van der Waals surface area contributed by atoms with Gasteiger partial charge in [-0.05, 0) is 24.3 Å². The zero-order valence-corrected chi connectivity index (χ0v) is 19.5. The van der Waals surface area contributed by atoms with Gasteiger partial charge >= 0.3 is 0 Å². The van der Waals surface area contributed by atoms with Crippen LogP contribution in [0.15, 0.2) is 57.5 Å². The van der Waals surface area contributed by atoms with Crippen molar-refractivity contribution in [3.63, 3.8) is 0 Å². The zero-order valence-electron chi connectivity index (χ0n) is 14.4. The van der Waals surface area contributed by atoms with Crippen LogP contribution in [0.2, 0.25) is 39.3 Å². The fourth-order valence-corrected chi connectivity index (χ4v) is 5.13. The van der Waals surface area contributed by atoms with E-state index in [0.29, 0.717) is 0 Å². The van der Waals surface area contributed by atoms with E-state index in [2.05, 4.69) is 120 Å². The standard InChI is InChI=1S/2C9H13BrSi/c1-11(2,3)9-6-4-8(10)5-7-9;1-11(2,3)9-6-4-5-8(10)7-9/h2*4-7H,1-3H3. The monoisotopic (exact) mass is 456 g/mol. The van der Waals surface area contributed by atoms with Crippen molar-refractivity contribution < 1.29 is 0 Å². The number of benzene rings is 2. The van der Waals surface area contributed by atoms with E-state index in [0.717, 1.165) is 0 Å². The second-order valence-electron chi connectivity index (χ2n) is 7.52. The largest absolute Gasteiger partial charge is 0.0776 e. The molecule has 0 spiro atoms. The Bertz CT molecular complexity index is 594. The Kier molecular flexibility index (Phi) is 7.31. The van der Waals surface area contributed by atoms with Gasteiger partial charge in [-0.25, -0.2) is 0 Å². The SMILES string of the molecule is C[Si](C)(C)c1ccc(Br)cc1.C[Si](C)(C)c1cccc(Br)c1. The average molecular weight is 458 g/mol. The third kappa shape index (κ3) is 6.94. The summed E-state index contributed by atoms with van der Waals surface area (Å²) in [7, 11) is -2.17. The molecule has 0 fully saturated rings. The number of hydrogen-bond acceptors (Lipinski definition) is 0. The van der Waals surface area contributed by atoms with E-state index in [1.807, 2.05) is 0 Å². The van der Waals surface area contributed by atoms with Crippen molar-refractivity contribution in [1.82, 2.24) is 0 Å². The molecule has 0 heterocycles. The molecule has 0 aliphatic rings. The lowest BCUT2D eigenvalue weighted by Gasteiger charge is -2.16. The molecule has 0 bridgehead atoms. The molecule has 2 aromatic rings. The molecule has 0 N–H and O–H groups in total. The topological polar surface area (TPSA) is 0 Å². The van der Waals surface area contributed by atoms with Crippen LogP contribution in [0.5, 0.6) is 0 Å². The van der Waals surface area contributed by atoms with Gasteiger partial charge in [-0.1, -0.05) is 106 Å². The van der Waals surface area contributed by atoms with E-state index in [4.69, 9.17) is 0 Å². The Morgan fingerprint density at radius 3 is 1.45 bits per heavy atom. The lowest BCUT2D eigenvalue weighted by Crippen LogP contribution is -2.37. The normalized spacial score (nSPS) is 11.6. The molecule has 4 heteroatoms. The molecule has 0 aliphatic carbocycles. The second kappa shape index (κ2) is 8.09. The quantitative estimate of drug-likeness (QED) is 0.485. The minimum atomic E-state index is -1.09. The Morgan fingerprint density at radius 2 is 1.09 bits per heavy atom. The first-order valence-corrected chi connectivity index (χ1v) is 16.1. The Hall–Kier alpha value is -0.166. The van der Waals surface area contributed by atoms with Gasteiger partial charge in [0.1, 0.15) is 0 Å². The van der Waals surface area contributed by atoms with E-state index in [1.165, 1.54) is 19.3 Å². The molecule has 120 valence electrons. The molecular weight excluding hydrogens is 432 g/mol. The fourth-order valence-electron chi connectivity index (χ4n) is 1.90. The first-order valence-electron chi connectivity index (χ1n) is 7.52. The van der Waals surface area contributed by atoms with E-state index in [-0.39, 0.29) is 0 Å². The molecule has 0 radical (unpaired) electrons. The number of halogens is 2. The molecule has 2 aromatic carbocycles. The highest BCUT2D eigenvalue weighted by Gasteiger charge is 2.16. The Morgan fingerprint density at radius 1 is 0.591 bits per heavy atom. The predicted molar refractivity (Wildman–Crippen MR) is 114 cm³/mol. The maximum absolute atomic E-state index is 3.48. The molecule has 0 amide bonds. The summed E-state index contributed by atoms with van der Waals surface area (Å²) in [5.74, 6) is 0. The lowest BCUT2D eigenvalue weighted by molar-refractivity contribution is 1.64. The Balaban J connectivity index is 0.000000220. The highest BCUT2D eigenvalue weighted by atomic mass is 79.9. The number of hydrogen-bond donors (Lipinski definition) is 0. The molecule has 0 nitrogen and oxygen atoms in total. The van der Waals surface area contributed by atoms with E-state index in [1.54, 1.807) is 0 Å². The number of rotatable bonds is 2. The van der Waals surface area contributed by atoms with E-state index < -0.39 is 16.1 Å². The van der Waals surface area contributed by atoms with Crippen LogP contribution in [0.25, 0.3) is 0 Å². The Labute approximate surface area is 154 Å². The molecule has 0 saturated heterocycles. The van der Waals surface area contributed by atoms with Crippen LogP contribution in [0, 0.1) is 0 Å². The van der Waals surface area contributed by atoms with Crippen LogP contribution >= 0.6 is 31.9 Å². The molecule has 2 rings (SSSR count). The zero-order chi connectivity index (χ0) is 17.0. The first kappa shape index (κ1) is 19.9. The molecule has 22 heavy (non-hydrogen) atoms. The van der Waals surface area contributed by atoms with Crippen molar-refractivity contribution >= 4 is 58.4 Å². The van der Waals surface area contributed by atoms with Gasteiger partial charge in [0.15, 0.2) is 0 Å². The van der Waals surface area contributed by atoms with Crippen molar-refractivity contribution in [3.8, 4) is 0 Å². The summed E-state index contributed by atoms with van der Waals surface area (Å²) < 4.78 is 2.36. The summed E-state index contributed by atoms with van der Waals surface area (Å²) in [5.41, 5.74) is 0. The predicted octanol–water partition coefficient (Wildman–Crippen LogP) is 5.99. The second-order valence-corrected chi connectivity index (χ2v) is 19.5.